The van der Waals surface area contributed by atoms with Gasteiger partial charge in [-0.2, -0.15) is 0 Å². The summed E-state index contributed by atoms with van der Waals surface area (Å²) in [5, 5.41) is 13.3. The molecule has 1 amide bonds. The van der Waals surface area contributed by atoms with Crippen LogP contribution in [0.3, 0.4) is 0 Å². The Bertz CT molecular complexity index is 494. The average Bonchev–Trinajstić information content (AvgIpc) is 2.79. The summed E-state index contributed by atoms with van der Waals surface area (Å²) in [4.78, 5) is 11.5. The number of aromatic nitrogens is 4. The highest BCUT2D eigenvalue weighted by Crippen LogP contribution is 2.03. The highest BCUT2D eigenvalue weighted by molar-refractivity contribution is 5.75. The van der Waals surface area contributed by atoms with Gasteiger partial charge in [0.05, 0.1) is 0 Å². The average molecular weight is 231 g/mol. The van der Waals surface area contributed by atoms with Gasteiger partial charge in [-0.15, -0.1) is 5.10 Å². The van der Waals surface area contributed by atoms with Crippen LogP contribution >= 0.6 is 0 Å². The molecular weight excluding hydrogens is 218 g/mol. The molecule has 0 fully saturated rings. The van der Waals surface area contributed by atoms with Gasteiger partial charge < -0.3 is 5.32 Å². The van der Waals surface area contributed by atoms with Crippen molar-refractivity contribution in [3.63, 3.8) is 0 Å². The van der Waals surface area contributed by atoms with Crippen molar-refractivity contribution in [2.75, 3.05) is 0 Å². The molecule has 0 unspecified atom stereocenters. The fourth-order valence-corrected chi connectivity index (χ4v) is 1.48. The molecule has 0 bridgehead atoms. The number of amides is 1. The molecule has 88 valence electrons. The summed E-state index contributed by atoms with van der Waals surface area (Å²) in [6, 6.07) is 8.01. The fraction of sp³-hybridized carbons (Fsp3) is 0.273. The second-order valence-electron chi connectivity index (χ2n) is 3.77. The van der Waals surface area contributed by atoms with E-state index in [0.717, 1.165) is 5.56 Å². The van der Waals surface area contributed by atoms with Gasteiger partial charge >= 0.3 is 0 Å². The van der Waals surface area contributed by atoms with Gasteiger partial charge in [0, 0.05) is 6.54 Å². The molecule has 1 heterocycles. The van der Waals surface area contributed by atoms with Crippen molar-refractivity contribution in [3.05, 3.63) is 41.7 Å². The minimum absolute atomic E-state index is 0.112. The van der Waals surface area contributed by atoms with Gasteiger partial charge in [-0.05, 0) is 22.9 Å². The smallest absolute Gasteiger partial charge is 0.242 e. The normalized spacial score (nSPS) is 10.2. The Morgan fingerprint density at radius 1 is 1.47 bits per heavy atom. The van der Waals surface area contributed by atoms with Crippen molar-refractivity contribution >= 4 is 5.91 Å². The third-order valence-electron chi connectivity index (χ3n) is 2.27. The number of nitrogens with one attached hydrogen (secondary N) is 1. The Morgan fingerprint density at radius 2 is 2.35 bits per heavy atom. The monoisotopic (exact) mass is 231 g/mol. The van der Waals surface area contributed by atoms with Crippen LogP contribution in [0.5, 0.6) is 0 Å². The van der Waals surface area contributed by atoms with E-state index in [1.807, 2.05) is 31.2 Å². The highest BCUT2D eigenvalue weighted by Gasteiger charge is 2.03. The van der Waals surface area contributed by atoms with Crippen molar-refractivity contribution in [2.45, 2.75) is 20.0 Å². The minimum Gasteiger partial charge on any atom is -0.350 e. The van der Waals surface area contributed by atoms with Crippen molar-refractivity contribution < 1.29 is 4.79 Å². The van der Waals surface area contributed by atoms with E-state index in [1.165, 1.54) is 16.6 Å². The molecule has 6 heteroatoms. The van der Waals surface area contributed by atoms with Crippen molar-refractivity contribution in [1.82, 2.24) is 25.5 Å². The predicted octanol–water partition coefficient (Wildman–Crippen LogP) is 0.298. The Morgan fingerprint density at radius 3 is 3.06 bits per heavy atom. The van der Waals surface area contributed by atoms with Gasteiger partial charge in [0.15, 0.2) is 0 Å². The zero-order valence-electron chi connectivity index (χ0n) is 9.50. The second kappa shape index (κ2) is 5.20. The first-order valence-electron chi connectivity index (χ1n) is 5.27. The maximum atomic E-state index is 11.5. The molecule has 0 aliphatic rings. The van der Waals surface area contributed by atoms with Crippen molar-refractivity contribution in [2.24, 2.45) is 0 Å². The first kappa shape index (κ1) is 11.3. The number of rotatable bonds is 4. The predicted molar refractivity (Wildman–Crippen MR) is 60.8 cm³/mol. The molecular formula is C11H13N5O. The molecule has 2 rings (SSSR count). The van der Waals surface area contributed by atoms with Crippen LogP contribution in [0.4, 0.5) is 0 Å². The summed E-state index contributed by atoms with van der Waals surface area (Å²) in [6.45, 7) is 2.67. The fourth-order valence-electron chi connectivity index (χ4n) is 1.48. The summed E-state index contributed by atoms with van der Waals surface area (Å²) in [7, 11) is 0. The molecule has 0 atom stereocenters. The van der Waals surface area contributed by atoms with E-state index >= 15 is 0 Å². The number of hydrogen-bond acceptors (Lipinski definition) is 4. The summed E-state index contributed by atoms with van der Waals surface area (Å²) in [5.74, 6) is -0.112. The van der Waals surface area contributed by atoms with Gasteiger partial charge in [-0.3, -0.25) is 4.79 Å². The number of carbonyl (C=O) groups excluding carboxylic acids is 1. The van der Waals surface area contributed by atoms with Gasteiger partial charge in [-0.25, -0.2) is 4.68 Å². The largest absolute Gasteiger partial charge is 0.350 e. The zero-order valence-corrected chi connectivity index (χ0v) is 9.50. The van der Waals surface area contributed by atoms with Crippen LogP contribution in [0.25, 0.3) is 0 Å². The molecule has 0 radical (unpaired) electrons. The van der Waals surface area contributed by atoms with Gasteiger partial charge in [0.2, 0.25) is 5.91 Å². The lowest BCUT2D eigenvalue weighted by Gasteiger charge is -2.05. The van der Waals surface area contributed by atoms with Crippen LogP contribution in [-0.4, -0.2) is 26.1 Å². The lowest BCUT2D eigenvalue weighted by atomic mass is 10.1. The van der Waals surface area contributed by atoms with Gasteiger partial charge in [0.25, 0.3) is 0 Å². The Balaban J connectivity index is 1.84. The van der Waals surface area contributed by atoms with E-state index in [2.05, 4.69) is 20.8 Å². The van der Waals surface area contributed by atoms with Crippen LogP contribution in [0.15, 0.2) is 30.6 Å². The van der Waals surface area contributed by atoms with Crippen molar-refractivity contribution in [1.29, 1.82) is 0 Å². The van der Waals surface area contributed by atoms with Gasteiger partial charge in [0.1, 0.15) is 12.9 Å². The number of aryl methyl sites for hydroxylation is 1. The first-order chi connectivity index (χ1) is 8.24. The Hall–Kier alpha value is -2.24. The van der Waals surface area contributed by atoms with E-state index in [-0.39, 0.29) is 12.5 Å². The molecule has 1 aromatic carbocycles. The highest BCUT2D eigenvalue weighted by atomic mass is 16.2. The van der Waals surface area contributed by atoms with Crippen LogP contribution in [-0.2, 0) is 17.9 Å². The minimum atomic E-state index is -0.112. The molecule has 0 saturated carbocycles. The molecule has 0 saturated heterocycles. The molecule has 2 aromatic rings. The summed E-state index contributed by atoms with van der Waals surface area (Å²) in [6.07, 6.45) is 1.41. The molecule has 0 aliphatic carbocycles. The topological polar surface area (TPSA) is 72.7 Å². The molecule has 17 heavy (non-hydrogen) atoms. The summed E-state index contributed by atoms with van der Waals surface area (Å²) in [5.41, 5.74) is 2.26. The lowest BCUT2D eigenvalue weighted by molar-refractivity contribution is -0.122. The Kier molecular flexibility index (Phi) is 3.44. The van der Waals surface area contributed by atoms with Crippen LogP contribution in [0.1, 0.15) is 11.1 Å². The molecule has 6 nitrogen and oxygen atoms in total. The third-order valence-corrected chi connectivity index (χ3v) is 2.27. The van der Waals surface area contributed by atoms with E-state index < -0.39 is 0 Å². The SMILES string of the molecule is Cc1cccc(CNC(=O)Cn2cnnn2)c1. The lowest BCUT2D eigenvalue weighted by Crippen LogP contribution is -2.27. The first-order valence-corrected chi connectivity index (χ1v) is 5.27. The maximum Gasteiger partial charge on any atom is 0.242 e. The maximum absolute atomic E-state index is 11.5. The summed E-state index contributed by atoms with van der Waals surface area (Å²) < 4.78 is 1.38. The van der Waals surface area contributed by atoms with Gasteiger partial charge in [-0.1, -0.05) is 29.8 Å². The van der Waals surface area contributed by atoms with Crippen LogP contribution in [0.2, 0.25) is 0 Å². The molecule has 0 aliphatic heterocycles. The van der Waals surface area contributed by atoms with Crippen molar-refractivity contribution in [3.8, 4) is 0 Å². The standard InChI is InChI=1S/C11H13N5O/c1-9-3-2-4-10(5-9)6-12-11(17)7-16-8-13-14-15-16/h2-5,8H,6-7H2,1H3,(H,12,17). The molecule has 0 spiro atoms. The third kappa shape index (κ3) is 3.37. The summed E-state index contributed by atoms with van der Waals surface area (Å²) >= 11 is 0. The second-order valence-corrected chi connectivity index (χ2v) is 3.77. The van der Waals surface area contributed by atoms with E-state index in [4.69, 9.17) is 0 Å². The number of nitrogens with zero attached hydrogens (tertiary/aromatic N) is 4. The Labute approximate surface area is 98.6 Å². The number of hydrogen-bond donors (Lipinski definition) is 1. The number of tetrazole rings is 1. The van der Waals surface area contributed by atoms with Crippen LogP contribution < -0.4 is 5.32 Å². The molecule has 1 N–H and O–H groups in total. The number of carbonyl (C=O) groups is 1. The molecule has 1 aromatic heterocycles. The van der Waals surface area contributed by atoms with E-state index in [0.29, 0.717) is 6.54 Å². The van der Waals surface area contributed by atoms with Crippen LogP contribution in [0, 0.1) is 6.92 Å². The van der Waals surface area contributed by atoms with E-state index in [1.54, 1.807) is 0 Å². The van der Waals surface area contributed by atoms with E-state index in [9.17, 15) is 4.79 Å². The zero-order chi connectivity index (χ0) is 12.1. The number of benzene rings is 1. The quantitative estimate of drug-likeness (QED) is 0.821.